The third kappa shape index (κ3) is 3.87. The van der Waals surface area contributed by atoms with Crippen LogP contribution >= 0.6 is 0 Å². The zero-order valence-corrected chi connectivity index (χ0v) is 10.8. The van der Waals surface area contributed by atoms with E-state index in [-0.39, 0.29) is 29.1 Å². The number of ketones is 1. The Morgan fingerprint density at radius 1 is 1.38 bits per heavy atom. The third-order valence-electron chi connectivity index (χ3n) is 3.35. The number of rotatable bonds is 5. The summed E-state index contributed by atoms with van der Waals surface area (Å²) >= 11 is 0. The van der Waals surface area contributed by atoms with Gasteiger partial charge in [-0.05, 0) is 45.7 Å². The second kappa shape index (κ2) is 5.77. The number of hydrogen-bond acceptors (Lipinski definition) is 4. The van der Waals surface area contributed by atoms with E-state index in [0.29, 0.717) is 0 Å². The Morgan fingerprint density at radius 3 is 2.44 bits per heavy atom. The number of carbonyl (C=O) groups is 1. The Balaban J connectivity index is 2.56. The van der Waals surface area contributed by atoms with Gasteiger partial charge in [-0.15, -0.1) is 0 Å². The molecule has 1 aliphatic rings. The minimum absolute atomic E-state index is 0.00737. The van der Waals surface area contributed by atoms with Gasteiger partial charge in [-0.3, -0.25) is 4.79 Å². The minimum atomic E-state index is -3.10. The van der Waals surface area contributed by atoms with Crippen molar-refractivity contribution < 1.29 is 13.2 Å². The first kappa shape index (κ1) is 13.6. The summed E-state index contributed by atoms with van der Waals surface area (Å²) in [6, 6.07) is 0. The minimum Gasteiger partial charge on any atom is -0.317 e. The summed E-state index contributed by atoms with van der Waals surface area (Å²) in [6.07, 6.45) is 1.98. The molecule has 0 bridgehead atoms. The van der Waals surface area contributed by atoms with Gasteiger partial charge < -0.3 is 5.32 Å². The van der Waals surface area contributed by atoms with E-state index >= 15 is 0 Å². The molecule has 1 atom stereocenters. The van der Waals surface area contributed by atoms with Crippen LogP contribution in [0.2, 0.25) is 0 Å². The van der Waals surface area contributed by atoms with Gasteiger partial charge in [-0.1, -0.05) is 0 Å². The molecule has 0 aromatic rings. The summed E-state index contributed by atoms with van der Waals surface area (Å²) in [7, 11) is -3.10. The highest BCUT2D eigenvalue weighted by atomic mass is 32.2. The van der Waals surface area contributed by atoms with Gasteiger partial charge in [0.15, 0.2) is 9.84 Å². The van der Waals surface area contributed by atoms with Crippen molar-refractivity contribution in [2.75, 3.05) is 18.8 Å². The molecule has 1 aliphatic heterocycles. The normalized spacial score (nSPS) is 20.6. The first-order valence-electron chi connectivity index (χ1n) is 5.85. The number of Topliss-reactive ketones (excluding diaryl/α,β-unsaturated/α-hetero) is 1. The van der Waals surface area contributed by atoms with Crippen LogP contribution in [0.3, 0.4) is 0 Å². The van der Waals surface area contributed by atoms with E-state index in [1.807, 2.05) is 0 Å². The SMILES string of the molecule is CC(=O)CCS(=O)(=O)C(C)C1CCNCC1. The summed E-state index contributed by atoms with van der Waals surface area (Å²) < 4.78 is 23.9. The van der Waals surface area contributed by atoms with Gasteiger partial charge in [0.05, 0.1) is 11.0 Å². The Kier molecular flexibility index (Phi) is 4.92. The van der Waals surface area contributed by atoms with E-state index in [1.165, 1.54) is 6.92 Å². The molecule has 0 saturated carbocycles. The molecular weight excluding hydrogens is 226 g/mol. The average Bonchev–Trinajstić information content (AvgIpc) is 2.27. The van der Waals surface area contributed by atoms with Crippen molar-refractivity contribution in [2.45, 2.75) is 38.4 Å². The number of hydrogen-bond donors (Lipinski definition) is 1. The standard InChI is InChI=1S/C11H21NO3S/c1-9(13)5-8-16(14,15)10(2)11-3-6-12-7-4-11/h10-12H,3-8H2,1-2H3. The highest BCUT2D eigenvalue weighted by Crippen LogP contribution is 2.22. The fourth-order valence-corrected chi connectivity index (χ4v) is 3.88. The Hall–Kier alpha value is -0.420. The Bertz CT molecular complexity index is 331. The maximum atomic E-state index is 12.0. The fourth-order valence-electron chi connectivity index (χ4n) is 2.08. The van der Waals surface area contributed by atoms with Gasteiger partial charge in [-0.25, -0.2) is 8.42 Å². The number of piperidine rings is 1. The molecule has 5 heteroatoms. The molecule has 0 aromatic heterocycles. The molecule has 16 heavy (non-hydrogen) atoms. The first-order chi connectivity index (χ1) is 7.43. The molecular formula is C11H21NO3S. The van der Waals surface area contributed by atoms with Crippen molar-refractivity contribution in [2.24, 2.45) is 5.92 Å². The van der Waals surface area contributed by atoms with Crippen LogP contribution in [-0.2, 0) is 14.6 Å². The molecule has 0 aromatic carbocycles. The Labute approximate surface area is 97.7 Å². The van der Waals surface area contributed by atoms with Crippen LogP contribution in [0.5, 0.6) is 0 Å². The molecule has 0 aliphatic carbocycles. The molecule has 4 nitrogen and oxygen atoms in total. The molecule has 94 valence electrons. The van der Waals surface area contributed by atoms with Crippen LogP contribution in [0, 0.1) is 5.92 Å². The lowest BCUT2D eigenvalue weighted by Crippen LogP contribution is -2.37. The van der Waals surface area contributed by atoms with Gasteiger partial charge >= 0.3 is 0 Å². The van der Waals surface area contributed by atoms with Crippen molar-refractivity contribution in [3.63, 3.8) is 0 Å². The maximum Gasteiger partial charge on any atom is 0.153 e. The van der Waals surface area contributed by atoms with E-state index in [0.717, 1.165) is 25.9 Å². The lowest BCUT2D eigenvalue weighted by Gasteiger charge is -2.27. The summed E-state index contributed by atoms with van der Waals surface area (Å²) in [4.78, 5) is 10.8. The molecule has 1 N–H and O–H groups in total. The van der Waals surface area contributed by atoms with E-state index < -0.39 is 9.84 Å². The molecule has 0 radical (unpaired) electrons. The van der Waals surface area contributed by atoms with E-state index in [2.05, 4.69) is 5.32 Å². The van der Waals surface area contributed by atoms with Crippen LogP contribution in [-0.4, -0.2) is 38.3 Å². The van der Waals surface area contributed by atoms with Crippen molar-refractivity contribution >= 4 is 15.6 Å². The van der Waals surface area contributed by atoms with Crippen molar-refractivity contribution in [3.05, 3.63) is 0 Å². The first-order valence-corrected chi connectivity index (χ1v) is 7.57. The summed E-state index contributed by atoms with van der Waals surface area (Å²) in [5.74, 6) is 0.201. The summed E-state index contributed by atoms with van der Waals surface area (Å²) in [5.41, 5.74) is 0. The molecule has 1 saturated heterocycles. The molecule has 1 fully saturated rings. The lowest BCUT2D eigenvalue weighted by molar-refractivity contribution is -0.116. The zero-order valence-electron chi connectivity index (χ0n) is 10.0. The highest BCUT2D eigenvalue weighted by Gasteiger charge is 2.30. The van der Waals surface area contributed by atoms with Gasteiger partial charge in [-0.2, -0.15) is 0 Å². The number of sulfone groups is 1. The van der Waals surface area contributed by atoms with E-state index in [1.54, 1.807) is 6.92 Å². The second-order valence-electron chi connectivity index (χ2n) is 4.61. The molecule has 0 amide bonds. The monoisotopic (exact) mass is 247 g/mol. The predicted molar refractivity (Wildman–Crippen MR) is 64.1 cm³/mol. The van der Waals surface area contributed by atoms with Gasteiger partial charge in [0.2, 0.25) is 0 Å². The third-order valence-corrected chi connectivity index (χ3v) is 5.64. The molecule has 0 spiro atoms. The molecule has 1 heterocycles. The van der Waals surface area contributed by atoms with Crippen LogP contribution in [0.1, 0.15) is 33.1 Å². The molecule has 1 unspecified atom stereocenters. The molecule has 1 rings (SSSR count). The van der Waals surface area contributed by atoms with E-state index in [9.17, 15) is 13.2 Å². The van der Waals surface area contributed by atoms with E-state index in [4.69, 9.17) is 0 Å². The Morgan fingerprint density at radius 2 is 1.94 bits per heavy atom. The smallest absolute Gasteiger partial charge is 0.153 e. The van der Waals surface area contributed by atoms with Crippen LogP contribution < -0.4 is 5.32 Å². The highest BCUT2D eigenvalue weighted by molar-refractivity contribution is 7.92. The van der Waals surface area contributed by atoms with Crippen molar-refractivity contribution in [1.82, 2.24) is 5.32 Å². The van der Waals surface area contributed by atoms with Crippen molar-refractivity contribution in [1.29, 1.82) is 0 Å². The summed E-state index contributed by atoms with van der Waals surface area (Å²) in [5, 5.41) is 2.91. The van der Waals surface area contributed by atoms with Crippen LogP contribution in [0.15, 0.2) is 0 Å². The number of nitrogens with one attached hydrogen (secondary N) is 1. The van der Waals surface area contributed by atoms with Crippen LogP contribution in [0.25, 0.3) is 0 Å². The number of carbonyl (C=O) groups excluding carboxylic acids is 1. The summed E-state index contributed by atoms with van der Waals surface area (Å²) in [6.45, 7) is 5.02. The largest absolute Gasteiger partial charge is 0.317 e. The predicted octanol–water partition coefficient (Wildman–Crippen LogP) is 0.768. The van der Waals surface area contributed by atoms with Gasteiger partial charge in [0.1, 0.15) is 5.78 Å². The van der Waals surface area contributed by atoms with Gasteiger partial charge in [0, 0.05) is 6.42 Å². The second-order valence-corrected chi connectivity index (χ2v) is 7.09. The maximum absolute atomic E-state index is 12.0. The average molecular weight is 247 g/mol. The van der Waals surface area contributed by atoms with Gasteiger partial charge in [0.25, 0.3) is 0 Å². The lowest BCUT2D eigenvalue weighted by atomic mass is 9.95. The van der Waals surface area contributed by atoms with Crippen molar-refractivity contribution in [3.8, 4) is 0 Å². The quantitative estimate of drug-likeness (QED) is 0.779. The fraction of sp³-hybridized carbons (Fsp3) is 0.909. The van der Waals surface area contributed by atoms with Crippen LogP contribution in [0.4, 0.5) is 0 Å². The topological polar surface area (TPSA) is 63.2 Å². The zero-order chi connectivity index (χ0) is 12.2.